The van der Waals surface area contributed by atoms with Crippen LogP contribution in [0.3, 0.4) is 0 Å². The van der Waals surface area contributed by atoms with Gasteiger partial charge in [-0.25, -0.2) is 0 Å². The first-order chi connectivity index (χ1) is 4.36. The molecule has 1 aliphatic carbocycles. The quantitative estimate of drug-likeness (QED) is 0.512. The Hall–Kier alpha value is -0.0800. The van der Waals surface area contributed by atoms with Crippen molar-refractivity contribution in [2.24, 2.45) is 11.8 Å². The van der Waals surface area contributed by atoms with Crippen LogP contribution in [0.4, 0.5) is 0 Å². The van der Waals surface area contributed by atoms with Crippen LogP contribution in [0.25, 0.3) is 0 Å². The van der Waals surface area contributed by atoms with Gasteiger partial charge in [-0.1, -0.05) is 0 Å². The Morgan fingerprint density at radius 2 is 1.67 bits per heavy atom. The van der Waals surface area contributed by atoms with Crippen molar-refractivity contribution in [2.45, 2.75) is 18.9 Å². The minimum absolute atomic E-state index is 0.0242. The van der Waals surface area contributed by atoms with Crippen LogP contribution in [-0.4, -0.2) is 24.4 Å². The largest absolute Gasteiger partial charge is 0.393 e. The van der Waals surface area contributed by atoms with Crippen molar-refractivity contribution >= 4 is 0 Å². The van der Waals surface area contributed by atoms with E-state index >= 15 is 0 Å². The highest BCUT2D eigenvalue weighted by Gasteiger charge is 2.37. The van der Waals surface area contributed by atoms with Gasteiger partial charge < -0.3 is 9.84 Å². The zero-order valence-electron chi connectivity index (χ0n) is 5.42. The Balaban J connectivity index is 2.02. The van der Waals surface area contributed by atoms with Gasteiger partial charge in [-0.05, 0) is 24.7 Å². The van der Waals surface area contributed by atoms with Crippen molar-refractivity contribution in [2.75, 3.05) is 13.2 Å². The van der Waals surface area contributed by atoms with E-state index < -0.39 is 0 Å². The lowest BCUT2D eigenvalue weighted by atomic mass is 10.0. The Bertz CT molecular complexity index is 101. The van der Waals surface area contributed by atoms with E-state index in [1.165, 1.54) is 0 Å². The molecule has 0 amide bonds. The topological polar surface area (TPSA) is 29.5 Å². The molecule has 2 fully saturated rings. The Morgan fingerprint density at radius 3 is 2.22 bits per heavy atom. The molecule has 2 rings (SSSR count). The highest BCUT2D eigenvalue weighted by atomic mass is 16.5. The number of aliphatic hydroxyl groups excluding tert-OH is 1. The van der Waals surface area contributed by atoms with Crippen LogP contribution < -0.4 is 0 Å². The standard InChI is InChI=1S/C7H12O2/c8-7-1-5-3-9-4-6(5)2-7/h5-8H,1-4H2/t5-,6+,7?. The van der Waals surface area contributed by atoms with Gasteiger partial charge in [0, 0.05) is 13.2 Å². The molecule has 0 bridgehead atoms. The first-order valence-corrected chi connectivity index (χ1v) is 3.62. The molecular weight excluding hydrogens is 116 g/mol. The van der Waals surface area contributed by atoms with Crippen LogP contribution in [0.2, 0.25) is 0 Å². The third-order valence-corrected chi connectivity index (χ3v) is 2.48. The third kappa shape index (κ3) is 0.864. The van der Waals surface area contributed by atoms with Crippen molar-refractivity contribution < 1.29 is 9.84 Å². The number of fused-ring (bicyclic) bond motifs is 1. The second-order valence-electron chi connectivity index (χ2n) is 3.18. The molecule has 1 unspecified atom stereocenters. The van der Waals surface area contributed by atoms with E-state index in [-0.39, 0.29) is 6.10 Å². The van der Waals surface area contributed by atoms with Gasteiger partial charge in [0.05, 0.1) is 6.10 Å². The normalized spacial score (nSPS) is 49.7. The molecule has 3 atom stereocenters. The minimum atomic E-state index is -0.0242. The van der Waals surface area contributed by atoms with E-state index in [9.17, 15) is 5.11 Å². The molecule has 1 heterocycles. The molecule has 2 heteroatoms. The summed E-state index contributed by atoms with van der Waals surface area (Å²) in [5.41, 5.74) is 0. The van der Waals surface area contributed by atoms with Gasteiger partial charge >= 0.3 is 0 Å². The van der Waals surface area contributed by atoms with E-state index in [1.807, 2.05) is 0 Å². The van der Waals surface area contributed by atoms with Gasteiger partial charge in [-0.2, -0.15) is 0 Å². The van der Waals surface area contributed by atoms with Gasteiger partial charge in [0.25, 0.3) is 0 Å². The molecule has 2 aliphatic rings. The zero-order chi connectivity index (χ0) is 6.27. The maximum absolute atomic E-state index is 9.18. The summed E-state index contributed by atoms with van der Waals surface area (Å²) in [5.74, 6) is 1.36. The van der Waals surface area contributed by atoms with E-state index in [0.717, 1.165) is 26.1 Å². The average molecular weight is 128 g/mol. The van der Waals surface area contributed by atoms with Gasteiger partial charge in [-0.3, -0.25) is 0 Å². The number of ether oxygens (including phenoxy) is 1. The summed E-state index contributed by atoms with van der Waals surface area (Å²) in [6.07, 6.45) is 1.93. The second-order valence-corrected chi connectivity index (χ2v) is 3.18. The monoisotopic (exact) mass is 128 g/mol. The summed E-state index contributed by atoms with van der Waals surface area (Å²) in [4.78, 5) is 0. The Morgan fingerprint density at radius 1 is 1.11 bits per heavy atom. The lowest BCUT2D eigenvalue weighted by Gasteiger charge is -2.00. The summed E-state index contributed by atoms with van der Waals surface area (Å²) in [6, 6.07) is 0. The minimum Gasteiger partial charge on any atom is -0.393 e. The van der Waals surface area contributed by atoms with Crippen LogP contribution in [0.15, 0.2) is 0 Å². The molecular formula is C7H12O2. The first kappa shape index (κ1) is 5.69. The van der Waals surface area contributed by atoms with Gasteiger partial charge in [0.15, 0.2) is 0 Å². The smallest absolute Gasteiger partial charge is 0.0547 e. The number of rotatable bonds is 0. The van der Waals surface area contributed by atoms with Crippen LogP contribution in [0, 0.1) is 11.8 Å². The molecule has 0 spiro atoms. The Labute approximate surface area is 54.8 Å². The van der Waals surface area contributed by atoms with Crippen molar-refractivity contribution in [3.8, 4) is 0 Å². The molecule has 52 valence electrons. The van der Waals surface area contributed by atoms with Crippen LogP contribution in [0.5, 0.6) is 0 Å². The summed E-state index contributed by atoms with van der Waals surface area (Å²) in [6.45, 7) is 1.78. The van der Waals surface area contributed by atoms with E-state index in [4.69, 9.17) is 4.74 Å². The molecule has 2 nitrogen and oxygen atoms in total. The van der Waals surface area contributed by atoms with Gasteiger partial charge in [0.1, 0.15) is 0 Å². The molecule has 0 radical (unpaired) electrons. The molecule has 0 aromatic heterocycles. The van der Waals surface area contributed by atoms with Crippen LogP contribution in [-0.2, 0) is 4.74 Å². The van der Waals surface area contributed by atoms with Crippen LogP contribution >= 0.6 is 0 Å². The number of aliphatic hydroxyl groups is 1. The zero-order valence-corrected chi connectivity index (χ0v) is 5.42. The summed E-state index contributed by atoms with van der Waals surface area (Å²) >= 11 is 0. The maximum atomic E-state index is 9.18. The molecule has 9 heavy (non-hydrogen) atoms. The van der Waals surface area contributed by atoms with E-state index in [1.54, 1.807) is 0 Å². The lowest BCUT2D eigenvalue weighted by Crippen LogP contribution is -2.02. The molecule has 1 saturated carbocycles. The fourth-order valence-corrected chi connectivity index (χ4v) is 1.96. The molecule has 1 N–H and O–H groups in total. The highest BCUT2D eigenvalue weighted by Crippen LogP contribution is 2.36. The fraction of sp³-hybridized carbons (Fsp3) is 1.00. The molecule has 1 aliphatic heterocycles. The third-order valence-electron chi connectivity index (χ3n) is 2.48. The lowest BCUT2D eigenvalue weighted by molar-refractivity contribution is 0.125. The van der Waals surface area contributed by atoms with Crippen molar-refractivity contribution in [3.05, 3.63) is 0 Å². The van der Waals surface area contributed by atoms with E-state index in [2.05, 4.69) is 0 Å². The van der Waals surface area contributed by atoms with Crippen molar-refractivity contribution in [1.82, 2.24) is 0 Å². The molecule has 1 saturated heterocycles. The number of hydrogen-bond donors (Lipinski definition) is 1. The first-order valence-electron chi connectivity index (χ1n) is 3.62. The Kier molecular flexibility index (Phi) is 1.24. The highest BCUT2D eigenvalue weighted by molar-refractivity contribution is 4.86. The van der Waals surface area contributed by atoms with Gasteiger partial charge in [0.2, 0.25) is 0 Å². The fourth-order valence-electron chi connectivity index (χ4n) is 1.96. The second kappa shape index (κ2) is 1.96. The molecule has 0 aromatic rings. The van der Waals surface area contributed by atoms with Crippen molar-refractivity contribution in [3.63, 3.8) is 0 Å². The van der Waals surface area contributed by atoms with Gasteiger partial charge in [-0.15, -0.1) is 0 Å². The summed E-state index contributed by atoms with van der Waals surface area (Å²) in [5, 5.41) is 9.18. The number of hydrogen-bond acceptors (Lipinski definition) is 2. The predicted molar refractivity (Wildman–Crippen MR) is 33.0 cm³/mol. The average Bonchev–Trinajstić information content (AvgIpc) is 2.22. The van der Waals surface area contributed by atoms with Crippen LogP contribution in [0.1, 0.15) is 12.8 Å². The predicted octanol–water partition coefficient (Wildman–Crippen LogP) is 0.404. The summed E-state index contributed by atoms with van der Waals surface area (Å²) in [7, 11) is 0. The molecule has 0 aromatic carbocycles. The van der Waals surface area contributed by atoms with Crippen molar-refractivity contribution in [1.29, 1.82) is 0 Å². The SMILES string of the molecule is OC1C[C@H]2COC[C@H]2C1. The maximum Gasteiger partial charge on any atom is 0.0547 e. The van der Waals surface area contributed by atoms with E-state index in [0.29, 0.717) is 11.8 Å². The summed E-state index contributed by atoms with van der Waals surface area (Å²) < 4.78 is 5.25.